The van der Waals surface area contributed by atoms with Crippen molar-refractivity contribution in [3.05, 3.63) is 95.1 Å². The first kappa shape index (κ1) is 51.8. The summed E-state index contributed by atoms with van der Waals surface area (Å²) >= 11 is 0. The Balaban J connectivity index is 0.000000541. The predicted octanol–water partition coefficient (Wildman–Crippen LogP) is 2.27. The molecule has 0 bridgehead atoms. The minimum atomic E-state index is -2.55. The second kappa shape index (κ2) is 26.0. The van der Waals surface area contributed by atoms with Crippen molar-refractivity contribution in [2.75, 3.05) is 39.6 Å². The summed E-state index contributed by atoms with van der Waals surface area (Å²) in [7, 11) is -5.10. The van der Waals surface area contributed by atoms with E-state index in [-0.39, 0.29) is 29.4 Å². The largest absolute Gasteiger partial charge is 1.00 e. The highest BCUT2D eigenvalue weighted by molar-refractivity contribution is 6.61. The third-order valence-corrected chi connectivity index (χ3v) is 15.5. The van der Waals surface area contributed by atoms with Crippen LogP contribution in [0.3, 0.4) is 0 Å². The molecule has 0 atom stereocenters. The SMILES string of the molecule is CCO[Si](CCC[n+]1ccn(-c2c(C)cc(C)cc2C)c1)(OCC)OCC.CCO[Si](CCC[n+]1ccn(-c2c(C)cc(C)cc2C)c1)(OCC)OCC.[Br-].[Cl-]. The second-order valence-electron chi connectivity index (χ2n) is 13.8. The van der Waals surface area contributed by atoms with Crippen molar-refractivity contribution in [3.63, 3.8) is 0 Å². The first-order valence-corrected chi connectivity index (χ1v) is 23.9. The molecule has 10 nitrogen and oxygen atoms in total. The van der Waals surface area contributed by atoms with Crippen LogP contribution in [0.1, 0.15) is 87.8 Å². The number of imidazole rings is 2. The molecule has 0 aliphatic heterocycles. The maximum absolute atomic E-state index is 5.95. The summed E-state index contributed by atoms with van der Waals surface area (Å²) in [5, 5.41) is 0. The molecule has 2 aromatic heterocycles. The lowest BCUT2D eigenvalue weighted by Gasteiger charge is -2.28. The molecule has 0 fully saturated rings. The summed E-state index contributed by atoms with van der Waals surface area (Å²) in [6.07, 6.45) is 14.8. The van der Waals surface area contributed by atoms with Gasteiger partial charge in [-0.05, 0) is 118 Å². The Hall–Kier alpha value is -2.18. The molecule has 0 aliphatic rings. The third-order valence-electron chi connectivity index (χ3n) is 9.15. The fraction of sp³-hybridized carbons (Fsp3) is 0.571. The molecule has 0 radical (unpaired) electrons. The van der Waals surface area contributed by atoms with Crippen molar-refractivity contribution < 1.29 is 65.1 Å². The van der Waals surface area contributed by atoms with Crippen LogP contribution in [0, 0.1) is 41.5 Å². The van der Waals surface area contributed by atoms with E-state index in [9.17, 15) is 0 Å². The van der Waals surface area contributed by atoms with Crippen LogP contribution in [-0.4, -0.2) is 66.4 Å². The average Bonchev–Trinajstić information content (AvgIpc) is 3.75. The zero-order valence-corrected chi connectivity index (χ0v) is 40.6. The first-order valence-electron chi connectivity index (χ1n) is 20.0. The first-order chi connectivity index (χ1) is 25.9. The third kappa shape index (κ3) is 15.2. The van der Waals surface area contributed by atoms with Gasteiger partial charge < -0.3 is 55.9 Å². The minimum absolute atomic E-state index is 0. The summed E-state index contributed by atoms with van der Waals surface area (Å²) in [5.41, 5.74) is 10.3. The number of hydrogen-bond acceptors (Lipinski definition) is 6. The second-order valence-corrected chi connectivity index (χ2v) is 19.2. The number of nitrogens with zero attached hydrogens (tertiary/aromatic N) is 4. The Morgan fingerprint density at radius 1 is 0.482 bits per heavy atom. The minimum Gasteiger partial charge on any atom is -1.00 e. The lowest BCUT2D eigenvalue weighted by molar-refractivity contribution is -0.696. The highest BCUT2D eigenvalue weighted by atomic mass is 79.9. The molecule has 14 heteroatoms. The van der Waals surface area contributed by atoms with E-state index >= 15 is 0 Å². The average molecular weight is 899 g/mol. The van der Waals surface area contributed by atoms with Crippen LogP contribution in [-0.2, 0) is 39.6 Å². The number of aryl methyl sites for hydroxylation is 8. The van der Waals surface area contributed by atoms with Crippen molar-refractivity contribution >= 4 is 17.6 Å². The fourth-order valence-electron chi connectivity index (χ4n) is 7.44. The van der Waals surface area contributed by atoms with Gasteiger partial charge in [-0.25, -0.2) is 18.3 Å². The summed E-state index contributed by atoms with van der Waals surface area (Å²) < 4.78 is 44.5. The van der Waals surface area contributed by atoms with Crippen molar-refractivity contribution in [2.24, 2.45) is 0 Å². The summed E-state index contributed by atoms with van der Waals surface area (Å²) in [5.74, 6) is 0. The molecule has 2 heterocycles. The zero-order chi connectivity index (χ0) is 39.7. The highest BCUT2D eigenvalue weighted by Crippen LogP contribution is 2.23. The molecule has 2 aromatic carbocycles. The number of hydrogen-bond donors (Lipinski definition) is 0. The molecular formula is C42H70BrClN4O6Si2. The van der Waals surface area contributed by atoms with Crippen LogP contribution in [0.15, 0.2) is 61.7 Å². The molecule has 0 unspecified atom stereocenters. The van der Waals surface area contributed by atoms with Crippen LogP contribution in [0.5, 0.6) is 0 Å². The van der Waals surface area contributed by atoms with E-state index in [2.05, 4.69) is 122 Å². The van der Waals surface area contributed by atoms with Crippen LogP contribution < -0.4 is 38.5 Å². The Labute approximate surface area is 357 Å². The number of aromatic nitrogens is 4. The molecule has 0 spiro atoms. The van der Waals surface area contributed by atoms with E-state index in [1.165, 1.54) is 44.8 Å². The fourth-order valence-corrected chi connectivity index (χ4v) is 12.6. The smallest absolute Gasteiger partial charge is 0.501 e. The summed E-state index contributed by atoms with van der Waals surface area (Å²) in [6, 6.07) is 10.6. The van der Waals surface area contributed by atoms with Gasteiger partial charge in [0.1, 0.15) is 36.2 Å². The van der Waals surface area contributed by atoms with Gasteiger partial charge in [-0.2, -0.15) is 0 Å². The molecule has 316 valence electrons. The molecule has 4 aromatic rings. The highest BCUT2D eigenvalue weighted by Gasteiger charge is 2.40. The van der Waals surface area contributed by atoms with Crippen molar-refractivity contribution in [1.82, 2.24) is 9.13 Å². The monoisotopic (exact) mass is 896 g/mol. The van der Waals surface area contributed by atoms with Gasteiger partial charge in [-0.1, -0.05) is 35.4 Å². The van der Waals surface area contributed by atoms with Gasteiger partial charge in [0.25, 0.3) is 0 Å². The Morgan fingerprint density at radius 3 is 1.00 bits per heavy atom. The van der Waals surface area contributed by atoms with E-state index in [1.54, 1.807) is 0 Å². The Bertz CT molecular complexity index is 1520. The van der Waals surface area contributed by atoms with Crippen molar-refractivity contribution in [2.45, 2.75) is 121 Å². The standard InChI is InChI=1S/2C21H35N2O3Si.BrH.ClH/c2*1-7-24-27(25-8-2,26-9-3)14-10-11-22-12-13-23(17-22)21-19(5)15-18(4)16-20(21)6;;/h2*12-13,15-17H,7-11,14H2,1-6H3;2*1H/q2*+1;;/p-2. The van der Waals surface area contributed by atoms with Crippen LogP contribution >= 0.6 is 0 Å². The van der Waals surface area contributed by atoms with Crippen LogP contribution in [0.25, 0.3) is 11.4 Å². The van der Waals surface area contributed by atoms with Gasteiger partial charge in [0.2, 0.25) is 12.7 Å². The molecular weight excluding hydrogens is 828 g/mol. The Kier molecular flexibility index (Phi) is 24.1. The summed E-state index contributed by atoms with van der Waals surface area (Å²) in [6.45, 7) is 30.6. The van der Waals surface area contributed by atoms with Gasteiger partial charge in [-0.15, -0.1) is 0 Å². The molecule has 0 aliphatic carbocycles. The van der Waals surface area contributed by atoms with Crippen molar-refractivity contribution in [1.29, 1.82) is 0 Å². The molecule has 0 saturated carbocycles. The van der Waals surface area contributed by atoms with E-state index in [0.29, 0.717) is 39.6 Å². The predicted molar refractivity (Wildman–Crippen MR) is 220 cm³/mol. The lowest BCUT2D eigenvalue weighted by atomic mass is 10.1. The molecule has 56 heavy (non-hydrogen) atoms. The van der Waals surface area contributed by atoms with Gasteiger partial charge >= 0.3 is 17.6 Å². The molecule has 4 rings (SSSR count). The number of benzene rings is 2. The number of rotatable bonds is 22. The number of halogens is 2. The maximum Gasteiger partial charge on any atom is 0.501 e. The van der Waals surface area contributed by atoms with Gasteiger partial charge in [-0.3, -0.25) is 0 Å². The van der Waals surface area contributed by atoms with E-state index in [1.807, 2.05) is 41.5 Å². The molecule has 0 N–H and O–H groups in total. The van der Waals surface area contributed by atoms with Crippen molar-refractivity contribution in [3.8, 4) is 11.4 Å². The van der Waals surface area contributed by atoms with Gasteiger partial charge in [0.05, 0.1) is 13.1 Å². The normalized spacial score (nSPS) is 11.5. The van der Waals surface area contributed by atoms with Crippen LogP contribution in [0.2, 0.25) is 12.1 Å². The topological polar surface area (TPSA) is 73.0 Å². The van der Waals surface area contributed by atoms with Gasteiger partial charge in [0, 0.05) is 51.7 Å². The quantitative estimate of drug-likeness (QED) is 0.0892. The Morgan fingerprint density at radius 2 is 0.750 bits per heavy atom. The van der Waals surface area contributed by atoms with E-state index in [0.717, 1.165) is 38.0 Å². The lowest BCUT2D eigenvalue weighted by Crippen LogP contribution is -3.00. The van der Waals surface area contributed by atoms with E-state index < -0.39 is 17.6 Å². The van der Waals surface area contributed by atoms with E-state index in [4.69, 9.17) is 26.6 Å². The summed E-state index contributed by atoms with van der Waals surface area (Å²) in [4.78, 5) is 0. The van der Waals surface area contributed by atoms with Crippen LogP contribution in [0.4, 0.5) is 0 Å². The molecule has 0 saturated heterocycles. The maximum atomic E-state index is 5.95. The molecule has 0 amide bonds. The van der Waals surface area contributed by atoms with Gasteiger partial charge in [0.15, 0.2) is 0 Å². The zero-order valence-electron chi connectivity index (χ0n) is 36.3.